The number of hydrogen-bond donors (Lipinski definition) is 2. The molecule has 0 saturated carbocycles. The van der Waals surface area contributed by atoms with Gasteiger partial charge in [-0.1, -0.05) is 12.1 Å². The lowest BCUT2D eigenvalue weighted by molar-refractivity contribution is -0.117. The first-order valence-electron chi connectivity index (χ1n) is 5.72. The van der Waals surface area contributed by atoms with Gasteiger partial charge >= 0.3 is 0 Å². The van der Waals surface area contributed by atoms with Crippen LogP contribution in [0.1, 0.15) is 10.1 Å². The van der Waals surface area contributed by atoms with Crippen LogP contribution in [0.15, 0.2) is 45.1 Å². The molecule has 0 spiro atoms. The van der Waals surface area contributed by atoms with Crippen molar-refractivity contribution in [3.8, 4) is 0 Å². The van der Waals surface area contributed by atoms with Crippen LogP contribution in [0.4, 0.5) is 5.69 Å². The average molecular weight is 436 g/mol. The third kappa shape index (κ3) is 3.12. The number of rotatable bonds is 1. The Labute approximate surface area is 144 Å². The van der Waals surface area contributed by atoms with E-state index in [0.717, 1.165) is 19.2 Å². The van der Waals surface area contributed by atoms with Gasteiger partial charge in [-0.3, -0.25) is 4.79 Å². The summed E-state index contributed by atoms with van der Waals surface area (Å²) in [5, 5.41) is 2.83. The zero-order valence-corrected chi connectivity index (χ0v) is 15.1. The SMILES string of the molecule is Br.NC1C(=O)Nc2ccccc2SC1c1ccc(Br)s1. The normalized spacial score (nSPS) is 21.4. The molecule has 3 rings (SSSR count). The monoisotopic (exact) mass is 434 g/mol. The third-order valence-electron chi connectivity index (χ3n) is 2.90. The van der Waals surface area contributed by atoms with Crippen LogP contribution in [-0.4, -0.2) is 11.9 Å². The van der Waals surface area contributed by atoms with Gasteiger partial charge in [0, 0.05) is 9.77 Å². The maximum atomic E-state index is 12.1. The number of fused-ring (bicyclic) bond motifs is 1. The fourth-order valence-electron chi connectivity index (χ4n) is 1.95. The lowest BCUT2D eigenvalue weighted by atomic mass is 10.1. The number of nitrogens with one attached hydrogen (secondary N) is 1. The number of amides is 1. The summed E-state index contributed by atoms with van der Waals surface area (Å²) in [5.74, 6) is -0.132. The van der Waals surface area contributed by atoms with E-state index in [4.69, 9.17) is 5.73 Å². The molecule has 0 bridgehead atoms. The minimum absolute atomic E-state index is 0. The molecule has 0 fully saturated rings. The van der Waals surface area contributed by atoms with E-state index in [1.54, 1.807) is 23.1 Å². The summed E-state index contributed by atoms with van der Waals surface area (Å²) in [4.78, 5) is 14.3. The molecule has 0 saturated heterocycles. The van der Waals surface area contributed by atoms with Crippen molar-refractivity contribution in [1.82, 2.24) is 0 Å². The minimum atomic E-state index is -0.553. The van der Waals surface area contributed by atoms with Gasteiger partial charge in [0.05, 0.1) is 14.7 Å². The maximum Gasteiger partial charge on any atom is 0.242 e. The van der Waals surface area contributed by atoms with Gasteiger partial charge in [-0.05, 0) is 40.2 Å². The van der Waals surface area contributed by atoms with E-state index in [1.165, 1.54) is 0 Å². The first-order valence-corrected chi connectivity index (χ1v) is 8.21. The van der Waals surface area contributed by atoms with Gasteiger partial charge in [-0.2, -0.15) is 0 Å². The molecule has 106 valence electrons. The number of carbonyl (C=O) groups excluding carboxylic acids is 1. The van der Waals surface area contributed by atoms with Gasteiger partial charge in [0.15, 0.2) is 0 Å². The third-order valence-corrected chi connectivity index (χ3v) is 6.17. The van der Waals surface area contributed by atoms with Crippen molar-refractivity contribution in [3.05, 3.63) is 45.1 Å². The molecule has 7 heteroatoms. The van der Waals surface area contributed by atoms with E-state index in [1.807, 2.05) is 36.4 Å². The van der Waals surface area contributed by atoms with Gasteiger partial charge in [-0.25, -0.2) is 0 Å². The molecule has 2 heterocycles. The number of thioether (sulfide) groups is 1. The van der Waals surface area contributed by atoms with Crippen molar-refractivity contribution in [3.63, 3.8) is 0 Å². The number of nitrogens with two attached hydrogens (primary N) is 1. The van der Waals surface area contributed by atoms with E-state index in [0.29, 0.717) is 0 Å². The number of para-hydroxylation sites is 1. The number of halogens is 2. The quantitative estimate of drug-likeness (QED) is 0.705. The van der Waals surface area contributed by atoms with Crippen LogP contribution in [0.25, 0.3) is 0 Å². The molecule has 0 radical (unpaired) electrons. The van der Waals surface area contributed by atoms with E-state index in [9.17, 15) is 4.79 Å². The Morgan fingerprint density at radius 3 is 2.65 bits per heavy atom. The Bertz CT molecular complexity index is 632. The zero-order chi connectivity index (χ0) is 13.4. The first kappa shape index (κ1) is 16.0. The van der Waals surface area contributed by atoms with Crippen LogP contribution in [0.2, 0.25) is 0 Å². The summed E-state index contributed by atoms with van der Waals surface area (Å²) in [6, 6.07) is 11.2. The topological polar surface area (TPSA) is 55.1 Å². The molecular formula is C13H12Br2N2OS2. The molecule has 3 N–H and O–H groups in total. The van der Waals surface area contributed by atoms with Crippen molar-refractivity contribution in [2.75, 3.05) is 5.32 Å². The van der Waals surface area contributed by atoms with Crippen molar-refractivity contribution < 1.29 is 4.79 Å². The fourth-order valence-corrected chi connectivity index (χ4v) is 4.84. The van der Waals surface area contributed by atoms with Crippen LogP contribution in [-0.2, 0) is 4.79 Å². The second kappa shape index (κ2) is 6.62. The summed E-state index contributed by atoms with van der Waals surface area (Å²) in [6.07, 6.45) is 0. The highest BCUT2D eigenvalue weighted by molar-refractivity contribution is 9.11. The molecule has 1 aromatic heterocycles. The lowest BCUT2D eigenvalue weighted by Crippen LogP contribution is -2.38. The molecule has 1 aliphatic rings. The summed E-state index contributed by atoms with van der Waals surface area (Å²) in [6.45, 7) is 0. The molecule has 1 aliphatic heterocycles. The summed E-state index contributed by atoms with van der Waals surface area (Å²) in [7, 11) is 0. The smallest absolute Gasteiger partial charge is 0.242 e. The second-order valence-corrected chi connectivity index (χ2v) is 7.87. The number of thiophene rings is 1. The number of carbonyl (C=O) groups is 1. The standard InChI is InChI=1S/C13H11BrN2OS2.BrH/c14-10-6-5-9(18-10)12-11(15)13(17)16-7-3-1-2-4-8(7)19-12;/h1-6,11-12H,15H2,(H,16,17);1H. The molecule has 20 heavy (non-hydrogen) atoms. The van der Waals surface area contributed by atoms with Gasteiger partial charge in [0.2, 0.25) is 5.91 Å². The molecule has 2 unspecified atom stereocenters. The van der Waals surface area contributed by atoms with Crippen molar-refractivity contribution in [1.29, 1.82) is 0 Å². The Hall–Kier alpha value is -0.340. The Kier molecular flexibility index (Phi) is 5.30. The second-order valence-electron chi connectivity index (χ2n) is 4.19. The summed E-state index contributed by atoms with van der Waals surface area (Å²) >= 11 is 6.71. The van der Waals surface area contributed by atoms with Crippen LogP contribution >= 0.6 is 56.0 Å². The maximum absolute atomic E-state index is 12.1. The van der Waals surface area contributed by atoms with Crippen molar-refractivity contribution in [2.45, 2.75) is 16.2 Å². The summed E-state index contributed by atoms with van der Waals surface area (Å²) in [5.41, 5.74) is 6.94. The van der Waals surface area contributed by atoms with Crippen LogP contribution < -0.4 is 11.1 Å². The van der Waals surface area contributed by atoms with E-state index in [-0.39, 0.29) is 28.1 Å². The van der Waals surface area contributed by atoms with Gasteiger partial charge in [0.1, 0.15) is 6.04 Å². The zero-order valence-electron chi connectivity index (χ0n) is 10.2. The Morgan fingerprint density at radius 2 is 1.95 bits per heavy atom. The molecule has 1 aromatic carbocycles. The highest BCUT2D eigenvalue weighted by Crippen LogP contribution is 2.45. The van der Waals surface area contributed by atoms with Crippen molar-refractivity contribution in [2.24, 2.45) is 5.73 Å². The molecule has 3 nitrogen and oxygen atoms in total. The van der Waals surface area contributed by atoms with Gasteiger partial charge in [-0.15, -0.1) is 40.1 Å². The Morgan fingerprint density at radius 1 is 1.20 bits per heavy atom. The Balaban J connectivity index is 0.00000147. The predicted octanol–water partition coefficient (Wildman–Crippen LogP) is 4.20. The minimum Gasteiger partial charge on any atom is -0.324 e. The largest absolute Gasteiger partial charge is 0.324 e. The van der Waals surface area contributed by atoms with E-state index < -0.39 is 6.04 Å². The molecule has 2 atom stereocenters. The van der Waals surface area contributed by atoms with Gasteiger partial charge in [0.25, 0.3) is 0 Å². The molecular weight excluding hydrogens is 424 g/mol. The van der Waals surface area contributed by atoms with Crippen LogP contribution in [0.3, 0.4) is 0 Å². The lowest BCUT2D eigenvalue weighted by Gasteiger charge is -2.17. The van der Waals surface area contributed by atoms with Crippen LogP contribution in [0.5, 0.6) is 0 Å². The first-order chi connectivity index (χ1) is 9.15. The number of benzene rings is 1. The number of anilines is 1. The van der Waals surface area contributed by atoms with Crippen molar-refractivity contribution >= 4 is 67.6 Å². The predicted molar refractivity (Wildman–Crippen MR) is 94.0 cm³/mol. The fraction of sp³-hybridized carbons (Fsp3) is 0.154. The number of hydrogen-bond acceptors (Lipinski definition) is 4. The van der Waals surface area contributed by atoms with Crippen LogP contribution in [0, 0.1) is 0 Å². The molecule has 0 aliphatic carbocycles. The molecule has 2 aromatic rings. The highest BCUT2D eigenvalue weighted by atomic mass is 79.9. The summed E-state index contributed by atoms with van der Waals surface area (Å²) < 4.78 is 1.05. The molecule has 1 amide bonds. The average Bonchev–Trinajstić information content (AvgIpc) is 2.78. The van der Waals surface area contributed by atoms with Gasteiger partial charge < -0.3 is 11.1 Å². The van der Waals surface area contributed by atoms with E-state index >= 15 is 0 Å². The highest BCUT2D eigenvalue weighted by Gasteiger charge is 2.32. The van der Waals surface area contributed by atoms with E-state index in [2.05, 4.69) is 21.2 Å².